The second-order valence-corrected chi connectivity index (χ2v) is 35.2. The van der Waals surface area contributed by atoms with Gasteiger partial charge in [0.2, 0.25) is 53.2 Å². The topological polar surface area (TPSA) is 586 Å². The van der Waals surface area contributed by atoms with Crippen molar-refractivity contribution >= 4 is 68.8 Å². The summed E-state index contributed by atoms with van der Waals surface area (Å²) >= 11 is 0. The van der Waals surface area contributed by atoms with Crippen molar-refractivity contribution in [2.75, 3.05) is 125 Å². The number of nitrogens with zero attached hydrogens (tertiary/aromatic N) is 3. The predicted molar refractivity (Wildman–Crippen MR) is 437 cm³/mol. The molecule has 18 N–H and O–H groups in total. The molecule has 0 bridgehead atoms. The number of rotatable bonds is 65. The Kier molecular flexibility index (Phi) is 54.1. The maximum Gasteiger partial charge on any atom is 0.473 e. The van der Waals surface area contributed by atoms with Crippen molar-refractivity contribution in [2.45, 2.75) is 299 Å². The number of hydrogen-bond donors (Lipinski definition) is 18. The number of hydrogen-bond acceptors (Lipinski definition) is 29. The van der Waals surface area contributed by atoms with Gasteiger partial charge in [0.25, 0.3) is 0 Å². The van der Waals surface area contributed by atoms with Crippen LogP contribution in [0.4, 0.5) is 0 Å². The van der Waals surface area contributed by atoms with Gasteiger partial charge in [-0.1, -0.05) is 45.4 Å². The fraction of sp³-hybridized carbons (Fsp3) is 0.886. The SMILES string of the molecule is CC(=O)NC1C(OCCCCCC(=O)NCCCCCC(=O)N(CCO)CCOP(=O)(O)OCN(CCOP(=O)(O)OCN(CCOC2CCC(C)C2)C(=O)CCCCCNC(=O)CCCCCOC2CC(CO)C(O)C(O)C2NC(C)=O)C(=O)CCCCCNC(=O)CCCCCOC2CC(CO)C(O)C(O)C2NC(C)=O)CC(CO)C(O)C1O. The van der Waals surface area contributed by atoms with E-state index in [1.807, 2.05) is 0 Å². The van der Waals surface area contributed by atoms with E-state index in [0.29, 0.717) is 128 Å². The highest BCUT2D eigenvalue weighted by molar-refractivity contribution is 7.47. The molecule has 42 heteroatoms. The summed E-state index contributed by atoms with van der Waals surface area (Å²) in [6.45, 7) is 2.66. The van der Waals surface area contributed by atoms with E-state index in [2.05, 4.69) is 38.8 Å². The molecule has 4 rings (SSSR count). The van der Waals surface area contributed by atoms with Crippen molar-refractivity contribution in [2.24, 2.45) is 23.7 Å². The van der Waals surface area contributed by atoms with E-state index < -0.39 is 182 Å². The van der Waals surface area contributed by atoms with Gasteiger partial charge in [0.1, 0.15) is 31.8 Å². The van der Waals surface area contributed by atoms with Crippen molar-refractivity contribution in [1.82, 2.24) is 46.6 Å². The first-order valence-electron chi connectivity index (χ1n) is 43.4. The van der Waals surface area contributed by atoms with Crippen LogP contribution in [-0.2, 0) is 89.3 Å². The fourth-order valence-electron chi connectivity index (χ4n) is 15.3. The van der Waals surface area contributed by atoms with E-state index in [4.69, 9.17) is 37.0 Å². The smallest absolute Gasteiger partial charge is 0.396 e. The molecule has 0 aromatic rings. The molecule has 0 aromatic heterocycles. The van der Waals surface area contributed by atoms with Crippen LogP contribution in [0.5, 0.6) is 0 Å². The van der Waals surface area contributed by atoms with E-state index >= 15 is 0 Å². The molecule has 40 nitrogen and oxygen atoms in total. The van der Waals surface area contributed by atoms with Crippen molar-refractivity contribution in [3.8, 4) is 0 Å². The van der Waals surface area contributed by atoms with Crippen LogP contribution in [0, 0.1) is 23.7 Å². The molecular weight excluding hydrogens is 1630 g/mol. The zero-order valence-corrected chi connectivity index (χ0v) is 73.1. The number of unbranched alkanes of at least 4 members (excludes halogenated alkanes) is 12. The van der Waals surface area contributed by atoms with Crippen LogP contribution in [0.2, 0.25) is 0 Å². The van der Waals surface area contributed by atoms with Crippen molar-refractivity contribution < 1.29 is 150 Å². The van der Waals surface area contributed by atoms with Crippen LogP contribution in [0.3, 0.4) is 0 Å². The van der Waals surface area contributed by atoms with E-state index in [1.54, 1.807) is 0 Å². The van der Waals surface area contributed by atoms with Crippen LogP contribution in [0.15, 0.2) is 0 Å². The largest absolute Gasteiger partial charge is 0.473 e. The molecule has 0 saturated heterocycles. The molecule has 9 amide bonds. The van der Waals surface area contributed by atoms with Gasteiger partial charge in [-0.2, -0.15) is 0 Å². The maximum absolute atomic E-state index is 13.9. The third kappa shape index (κ3) is 43.8. The number of aliphatic hydroxyl groups excluding tert-OH is 10. The molecule has 0 heterocycles. The summed E-state index contributed by atoms with van der Waals surface area (Å²) in [5.74, 6) is -4.59. The lowest BCUT2D eigenvalue weighted by Gasteiger charge is -2.42. The molecule has 4 fully saturated rings. The molecule has 19 unspecified atom stereocenters. The van der Waals surface area contributed by atoms with Crippen LogP contribution < -0.4 is 31.9 Å². The zero-order chi connectivity index (χ0) is 89.3. The van der Waals surface area contributed by atoms with Crippen molar-refractivity contribution in [3.63, 3.8) is 0 Å². The summed E-state index contributed by atoms with van der Waals surface area (Å²) in [5.41, 5.74) is 0. The Balaban J connectivity index is 1.24. The predicted octanol–water partition coefficient (Wildman–Crippen LogP) is 0.435. The van der Waals surface area contributed by atoms with Crippen LogP contribution in [0.1, 0.15) is 220 Å². The second kappa shape index (κ2) is 60.5. The van der Waals surface area contributed by atoms with Crippen LogP contribution in [-0.4, -0.2) is 333 Å². The Morgan fingerprint density at radius 2 is 0.669 bits per heavy atom. The summed E-state index contributed by atoms with van der Waals surface area (Å²) in [5, 5.41) is 118. The molecule has 702 valence electrons. The molecule has 121 heavy (non-hydrogen) atoms. The number of carbonyl (C=O) groups excluding carboxylic acids is 9. The summed E-state index contributed by atoms with van der Waals surface area (Å²) in [7, 11) is -10.0. The Bertz CT molecular complexity index is 3110. The quantitative estimate of drug-likeness (QED) is 0.0223. The normalized spacial score (nSPS) is 25.8. The van der Waals surface area contributed by atoms with E-state index in [-0.39, 0.29) is 160 Å². The summed E-state index contributed by atoms with van der Waals surface area (Å²) in [6, 6.07) is -2.56. The number of amides is 9. The van der Waals surface area contributed by atoms with E-state index in [9.17, 15) is 113 Å². The Morgan fingerprint density at radius 3 is 0.983 bits per heavy atom. The fourth-order valence-corrected chi connectivity index (χ4v) is 16.6. The first-order chi connectivity index (χ1) is 57.7. The highest BCUT2D eigenvalue weighted by Gasteiger charge is 2.47. The minimum Gasteiger partial charge on any atom is -0.396 e. The Morgan fingerprint density at radius 1 is 0.355 bits per heavy atom. The average molecular weight is 1780 g/mol. The molecular formula is C79H145N9O31P2. The van der Waals surface area contributed by atoms with Crippen molar-refractivity contribution in [3.05, 3.63) is 0 Å². The van der Waals surface area contributed by atoms with Gasteiger partial charge >= 0.3 is 15.6 Å². The molecule has 0 spiro atoms. The maximum atomic E-state index is 13.9. The average Bonchev–Trinajstić information content (AvgIpc) is 1.13. The molecule has 4 aliphatic carbocycles. The minimum atomic E-state index is -5.01. The summed E-state index contributed by atoms with van der Waals surface area (Å²) in [4.78, 5) is 139. The Labute approximate surface area is 711 Å². The molecule has 19 atom stereocenters. The lowest BCUT2D eigenvalue weighted by atomic mass is 9.79. The van der Waals surface area contributed by atoms with E-state index in [0.717, 1.165) is 24.2 Å². The van der Waals surface area contributed by atoms with Gasteiger partial charge in [-0.05, 0) is 121 Å². The molecule has 4 saturated carbocycles. The van der Waals surface area contributed by atoms with Crippen molar-refractivity contribution in [1.29, 1.82) is 0 Å². The Hall–Kier alpha value is -5.11. The monoisotopic (exact) mass is 1780 g/mol. The third-order valence-electron chi connectivity index (χ3n) is 22.3. The number of aliphatic hydroxyl groups is 10. The minimum absolute atomic E-state index is 0.00293. The highest BCUT2D eigenvalue weighted by atomic mass is 31.2. The lowest BCUT2D eigenvalue weighted by Crippen LogP contribution is -2.61. The van der Waals surface area contributed by atoms with Gasteiger partial charge in [-0.25, -0.2) is 9.13 Å². The van der Waals surface area contributed by atoms with Crippen LogP contribution in [0.25, 0.3) is 0 Å². The van der Waals surface area contributed by atoms with E-state index in [1.165, 1.54) is 30.6 Å². The van der Waals surface area contributed by atoms with Gasteiger partial charge < -0.3 is 126 Å². The molecule has 4 aliphatic rings. The number of carbonyl (C=O) groups is 9. The lowest BCUT2D eigenvalue weighted by molar-refractivity contribution is -0.142. The highest BCUT2D eigenvalue weighted by Crippen LogP contribution is 2.45. The number of phosphoric acid groups is 2. The van der Waals surface area contributed by atoms with Gasteiger partial charge in [-0.15, -0.1) is 0 Å². The molecule has 0 radical (unpaired) electrons. The third-order valence-corrected chi connectivity index (χ3v) is 24.2. The summed E-state index contributed by atoms with van der Waals surface area (Å²) in [6.07, 6.45) is 3.85. The van der Waals surface area contributed by atoms with Crippen LogP contribution >= 0.6 is 15.6 Å². The van der Waals surface area contributed by atoms with Gasteiger partial charge in [0.05, 0.1) is 87.3 Å². The van der Waals surface area contributed by atoms with Gasteiger partial charge in [0, 0.05) is 163 Å². The number of nitrogens with one attached hydrogen (secondary N) is 6. The number of ether oxygens (including phenoxy) is 4. The second-order valence-electron chi connectivity index (χ2n) is 32.2. The molecule has 0 aliphatic heterocycles. The summed E-state index contributed by atoms with van der Waals surface area (Å²) < 4.78 is 71.9. The number of phosphoric ester groups is 2. The first kappa shape index (κ1) is 108. The van der Waals surface area contributed by atoms with Gasteiger partial charge in [-0.3, -0.25) is 61.2 Å². The standard InChI is InChI=1S/C79H145N9O31P2/c1-54-29-30-61(45-54)112-42-35-87(69(100)27-15-6-18-32-81-66(97)24-12-9-21-40-114-63-47-59(50-91)75(103)78(106)72(63)84-56(3)94)52-118-121(110,111)117-44-37-88(70(101)28-16-7-19-33-82-67(98)25-13-10-22-41-115-64-48-60(51-92)76(104)79(107)73(64)85-57(4)95)53-119-120(108,109)116-43-36-86(34-38-89)68(99)26-14-5-17-31-80-65(96)23-11-8-20-39-113-62-46-58(49-90)74(102)77(105)71(62)83-55(2)93/h54,58-64,71-79,89-92,102-107H,5-53H2,1-4H3,(H,80,96)(H,81,97)(H,82,98)(H,83,93)(H,84,94)(H,85,95)(H,108,109)(H,110,111). The first-order valence-corrected chi connectivity index (χ1v) is 46.4. The van der Waals surface area contributed by atoms with Gasteiger partial charge in [0.15, 0.2) is 0 Å². The zero-order valence-electron chi connectivity index (χ0n) is 71.3. The molecule has 0 aromatic carbocycles.